The smallest absolute Gasteiger partial charge is 0.234 e. The number of amides is 1. The molecule has 1 amide bonds. The first-order chi connectivity index (χ1) is 14.8. The molecule has 4 aromatic rings. The van der Waals surface area contributed by atoms with E-state index in [0.717, 1.165) is 40.4 Å². The van der Waals surface area contributed by atoms with Crippen molar-refractivity contribution in [2.75, 3.05) is 13.1 Å². The van der Waals surface area contributed by atoms with Gasteiger partial charge in [0.1, 0.15) is 5.01 Å². The fourth-order valence-corrected chi connectivity index (χ4v) is 6.08. The van der Waals surface area contributed by atoms with E-state index in [0.29, 0.717) is 6.54 Å². The Kier molecular flexibility index (Phi) is 5.62. The molecule has 3 heterocycles. The quantitative estimate of drug-likeness (QED) is 0.443. The fraction of sp³-hybridized carbons (Fsp3) is 0.250. The Hall–Kier alpha value is -2.54. The van der Waals surface area contributed by atoms with Crippen LogP contribution < -0.4 is 5.32 Å². The molecule has 0 aliphatic carbocycles. The summed E-state index contributed by atoms with van der Waals surface area (Å²) in [5, 5.41) is 6.46. The van der Waals surface area contributed by atoms with Crippen molar-refractivity contribution in [3.05, 3.63) is 87.6 Å². The number of thiophene rings is 1. The predicted molar refractivity (Wildman–Crippen MR) is 124 cm³/mol. The van der Waals surface area contributed by atoms with E-state index in [1.165, 1.54) is 4.70 Å². The Labute approximate surface area is 184 Å². The lowest BCUT2D eigenvalue weighted by Crippen LogP contribution is -2.38. The predicted octanol–water partition coefficient (Wildman–Crippen LogP) is 5.40. The molecule has 1 aliphatic rings. The molecule has 1 saturated heterocycles. The molecule has 1 N–H and O–H groups in total. The zero-order chi connectivity index (χ0) is 20.3. The van der Waals surface area contributed by atoms with Gasteiger partial charge in [0, 0.05) is 4.88 Å². The first kappa shape index (κ1) is 19.4. The van der Waals surface area contributed by atoms with Gasteiger partial charge in [-0.25, -0.2) is 4.98 Å². The highest BCUT2D eigenvalue weighted by Crippen LogP contribution is 2.36. The zero-order valence-corrected chi connectivity index (χ0v) is 18.2. The summed E-state index contributed by atoms with van der Waals surface area (Å²) in [6, 6.07) is 22.7. The second-order valence-electron chi connectivity index (χ2n) is 7.57. The summed E-state index contributed by atoms with van der Waals surface area (Å²) < 4.78 is 1.21. The molecule has 2 unspecified atom stereocenters. The van der Waals surface area contributed by atoms with Gasteiger partial charge in [-0.1, -0.05) is 48.5 Å². The molecular formula is C24H23N3OS2. The van der Waals surface area contributed by atoms with Crippen molar-refractivity contribution >= 4 is 38.8 Å². The second-order valence-corrected chi connectivity index (χ2v) is 9.62. The normalized spacial score (nSPS) is 17.9. The van der Waals surface area contributed by atoms with Gasteiger partial charge in [-0.15, -0.1) is 22.7 Å². The lowest BCUT2D eigenvalue weighted by molar-refractivity contribution is -0.123. The summed E-state index contributed by atoms with van der Waals surface area (Å²) in [6.07, 6.45) is 2.15. The summed E-state index contributed by atoms with van der Waals surface area (Å²) >= 11 is 3.43. The van der Waals surface area contributed by atoms with Gasteiger partial charge in [0.15, 0.2) is 0 Å². The molecule has 1 aliphatic heterocycles. The van der Waals surface area contributed by atoms with Crippen molar-refractivity contribution < 1.29 is 4.79 Å². The molecule has 2 aromatic heterocycles. The number of nitrogens with one attached hydrogen (secondary N) is 1. The summed E-state index contributed by atoms with van der Waals surface area (Å²) in [5.74, 6) is 0.0604. The van der Waals surface area contributed by atoms with Gasteiger partial charge in [-0.05, 0) is 48.5 Å². The van der Waals surface area contributed by atoms with Crippen LogP contribution in [-0.2, 0) is 4.79 Å². The Bertz CT molecular complexity index is 1090. The number of hydrogen-bond acceptors (Lipinski definition) is 5. The minimum Gasteiger partial charge on any atom is -0.343 e. The lowest BCUT2D eigenvalue weighted by atomic mass is 10.1. The van der Waals surface area contributed by atoms with Crippen LogP contribution in [0, 0.1) is 0 Å². The maximum Gasteiger partial charge on any atom is 0.234 e. The number of rotatable bonds is 6. The van der Waals surface area contributed by atoms with Gasteiger partial charge in [0.2, 0.25) is 5.91 Å². The Morgan fingerprint density at radius 3 is 2.73 bits per heavy atom. The van der Waals surface area contributed by atoms with Crippen LogP contribution in [0.4, 0.5) is 0 Å². The number of benzene rings is 2. The number of para-hydroxylation sites is 1. The molecule has 1 fully saturated rings. The molecular weight excluding hydrogens is 410 g/mol. The summed E-state index contributed by atoms with van der Waals surface area (Å²) in [7, 11) is 0. The van der Waals surface area contributed by atoms with Crippen molar-refractivity contribution in [2.24, 2.45) is 0 Å². The standard InChI is InChI=1S/C24H23N3OS2/c28-22(26-23(21-13-7-15-29-21)17-8-2-1-3-9-17)16-27-14-6-11-19(27)24-25-18-10-4-5-12-20(18)30-24/h1-5,7-10,12-13,15,19,23H,6,11,14,16H2,(H,26,28). The summed E-state index contributed by atoms with van der Waals surface area (Å²) in [5.41, 5.74) is 2.16. The average molecular weight is 434 g/mol. The molecule has 0 spiro atoms. The third-order valence-corrected chi connectivity index (χ3v) is 7.65. The van der Waals surface area contributed by atoms with Gasteiger partial charge in [-0.2, -0.15) is 0 Å². The van der Waals surface area contributed by atoms with E-state index >= 15 is 0 Å². The number of aromatic nitrogens is 1. The van der Waals surface area contributed by atoms with Crippen molar-refractivity contribution in [3.8, 4) is 0 Å². The Balaban J connectivity index is 1.32. The minimum atomic E-state index is -0.109. The molecule has 30 heavy (non-hydrogen) atoms. The highest BCUT2D eigenvalue weighted by molar-refractivity contribution is 7.18. The van der Waals surface area contributed by atoms with Crippen molar-refractivity contribution in [2.45, 2.75) is 24.9 Å². The molecule has 2 atom stereocenters. The Morgan fingerprint density at radius 2 is 1.93 bits per heavy atom. The molecule has 6 heteroatoms. The first-order valence-corrected chi connectivity index (χ1v) is 11.9. The van der Waals surface area contributed by atoms with Gasteiger partial charge < -0.3 is 5.32 Å². The summed E-state index contributed by atoms with van der Waals surface area (Å²) in [6.45, 7) is 1.33. The number of carbonyl (C=O) groups is 1. The van der Waals surface area contributed by atoms with E-state index in [9.17, 15) is 4.79 Å². The molecule has 0 bridgehead atoms. The van der Waals surface area contributed by atoms with Gasteiger partial charge in [0.25, 0.3) is 0 Å². The SMILES string of the molecule is O=C(CN1CCCC1c1nc2ccccc2s1)NC(c1ccccc1)c1cccs1. The average Bonchev–Trinajstić information content (AvgIpc) is 3.52. The van der Waals surface area contributed by atoms with Crippen molar-refractivity contribution in [3.63, 3.8) is 0 Å². The number of fused-ring (bicyclic) bond motifs is 1. The monoisotopic (exact) mass is 433 g/mol. The van der Waals surface area contributed by atoms with E-state index in [1.807, 2.05) is 30.3 Å². The molecule has 4 nitrogen and oxygen atoms in total. The van der Waals surface area contributed by atoms with Crippen LogP contribution in [0.2, 0.25) is 0 Å². The number of carbonyl (C=O) groups excluding carboxylic acids is 1. The van der Waals surface area contributed by atoms with Crippen LogP contribution in [0.1, 0.15) is 40.4 Å². The highest BCUT2D eigenvalue weighted by atomic mass is 32.1. The maximum atomic E-state index is 13.1. The number of thiazole rings is 1. The third-order valence-electron chi connectivity index (χ3n) is 5.57. The van der Waals surface area contributed by atoms with Gasteiger partial charge in [-0.3, -0.25) is 9.69 Å². The minimum absolute atomic E-state index is 0.0604. The van der Waals surface area contributed by atoms with Crippen molar-refractivity contribution in [1.82, 2.24) is 15.2 Å². The van der Waals surface area contributed by atoms with Crippen LogP contribution in [-0.4, -0.2) is 28.9 Å². The van der Waals surface area contributed by atoms with Crippen LogP contribution in [0.15, 0.2) is 72.1 Å². The number of likely N-dealkylation sites (tertiary alicyclic amines) is 1. The fourth-order valence-electron chi connectivity index (χ4n) is 4.14. The molecule has 0 saturated carbocycles. The topological polar surface area (TPSA) is 45.2 Å². The second kappa shape index (κ2) is 8.68. The largest absolute Gasteiger partial charge is 0.343 e. The van der Waals surface area contributed by atoms with Gasteiger partial charge in [0.05, 0.1) is 28.8 Å². The molecule has 0 radical (unpaired) electrons. The maximum absolute atomic E-state index is 13.1. The summed E-state index contributed by atoms with van der Waals surface area (Å²) in [4.78, 5) is 21.3. The van der Waals surface area contributed by atoms with E-state index in [-0.39, 0.29) is 18.0 Å². The van der Waals surface area contributed by atoms with Crippen LogP contribution in [0.25, 0.3) is 10.2 Å². The van der Waals surface area contributed by atoms with E-state index in [2.05, 4.69) is 52.0 Å². The van der Waals surface area contributed by atoms with Crippen LogP contribution in [0.3, 0.4) is 0 Å². The van der Waals surface area contributed by atoms with Gasteiger partial charge >= 0.3 is 0 Å². The molecule has 152 valence electrons. The Morgan fingerprint density at radius 1 is 1.10 bits per heavy atom. The van der Waals surface area contributed by atoms with Crippen LogP contribution >= 0.6 is 22.7 Å². The van der Waals surface area contributed by atoms with E-state index < -0.39 is 0 Å². The molecule has 2 aromatic carbocycles. The van der Waals surface area contributed by atoms with E-state index in [1.54, 1.807) is 22.7 Å². The number of nitrogens with zero attached hydrogens (tertiary/aromatic N) is 2. The highest BCUT2D eigenvalue weighted by Gasteiger charge is 2.30. The van der Waals surface area contributed by atoms with Crippen LogP contribution in [0.5, 0.6) is 0 Å². The first-order valence-electron chi connectivity index (χ1n) is 10.2. The lowest BCUT2D eigenvalue weighted by Gasteiger charge is -2.24. The third kappa shape index (κ3) is 4.03. The van der Waals surface area contributed by atoms with E-state index in [4.69, 9.17) is 4.98 Å². The zero-order valence-electron chi connectivity index (χ0n) is 16.5. The molecule has 5 rings (SSSR count). The van der Waals surface area contributed by atoms with Crippen molar-refractivity contribution in [1.29, 1.82) is 0 Å². The number of hydrogen-bond donors (Lipinski definition) is 1.